The number of hydrogen-bond donors (Lipinski definition) is 1. The lowest BCUT2D eigenvalue weighted by Crippen LogP contribution is -2.36. The van der Waals surface area contributed by atoms with Crippen LogP contribution in [-0.4, -0.2) is 25.5 Å². The Balaban J connectivity index is 2.72. The number of hydrogen-bond acceptors (Lipinski definition) is 3. The van der Waals surface area contributed by atoms with Crippen LogP contribution in [0.1, 0.15) is 5.56 Å². The Bertz CT molecular complexity index is 384. The highest BCUT2D eigenvalue weighted by atomic mass is 79.9. The van der Waals surface area contributed by atoms with Crippen molar-refractivity contribution in [3.63, 3.8) is 0 Å². The topological polar surface area (TPSA) is 52.3 Å². The van der Waals surface area contributed by atoms with E-state index >= 15 is 0 Å². The van der Waals surface area contributed by atoms with Crippen LogP contribution in [0.2, 0.25) is 0 Å². The lowest BCUT2D eigenvalue weighted by atomic mass is 10.0. The maximum atomic E-state index is 13.3. The van der Waals surface area contributed by atoms with E-state index in [9.17, 15) is 9.18 Å². The minimum Gasteiger partial charge on any atom is -0.383 e. The van der Waals surface area contributed by atoms with Crippen LogP contribution in [0.3, 0.4) is 0 Å². The van der Waals surface area contributed by atoms with Gasteiger partial charge in [-0.3, -0.25) is 4.79 Å². The van der Waals surface area contributed by atoms with Crippen molar-refractivity contribution < 1.29 is 13.9 Å². The lowest BCUT2D eigenvalue weighted by molar-refractivity contribution is -0.120. The van der Waals surface area contributed by atoms with Gasteiger partial charge in [0.2, 0.25) is 0 Å². The van der Waals surface area contributed by atoms with Gasteiger partial charge in [0.15, 0.2) is 5.78 Å². The molecule has 16 heavy (non-hydrogen) atoms. The summed E-state index contributed by atoms with van der Waals surface area (Å²) in [6.45, 7) is 0.147. The third kappa shape index (κ3) is 3.66. The second-order valence-electron chi connectivity index (χ2n) is 3.44. The van der Waals surface area contributed by atoms with Crippen molar-refractivity contribution >= 4 is 21.7 Å². The molecule has 1 aromatic carbocycles. The number of Topliss-reactive ketones (excluding diaryl/α,β-unsaturated/α-hetero) is 1. The SMILES string of the molecule is COCC(N)C(=O)Cc1cc(Br)ccc1F. The summed E-state index contributed by atoms with van der Waals surface area (Å²) in [5.41, 5.74) is 5.89. The Labute approximate surface area is 102 Å². The quantitative estimate of drug-likeness (QED) is 0.897. The number of carbonyl (C=O) groups excluding carboxylic acids is 1. The van der Waals surface area contributed by atoms with Crippen molar-refractivity contribution in [1.29, 1.82) is 0 Å². The van der Waals surface area contributed by atoms with Crippen LogP contribution in [0.15, 0.2) is 22.7 Å². The first-order valence-electron chi connectivity index (χ1n) is 4.75. The number of nitrogens with two attached hydrogens (primary N) is 1. The molecule has 1 atom stereocenters. The molecule has 1 aromatic rings. The van der Waals surface area contributed by atoms with E-state index in [1.54, 1.807) is 12.1 Å². The minimum absolute atomic E-state index is 0.0181. The largest absolute Gasteiger partial charge is 0.383 e. The summed E-state index contributed by atoms with van der Waals surface area (Å²) < 4.78 is 18.8. The summed E-state index contributed by atoms with van der Waals surface area (Å²) in [4.78, 5) is 11.6. The van der Waals surface area contributed by atoms with Gasteiger partial charge in [-0.15, -0.1) is 0 Å². The standard InChI is InChI=1S/C11H13BrFNO2/c1-16-6-10(14)11(15)5-7-4-8(12)2-3-9(7)13/h2-4,10H,5-6,14H2,1H3. The molecule has 3 nitrogen and oxygen atoms in total. The number of halogens is 2. The molecule has 0 aliphatic heterocycles. The zero-order valence-corrected chi connectivity index (χ0v) is 10.5. The average molecular weight is 290 g/mol. The maximum absolute atomic E-state index is 13.3. The van der Waals surface area contributed by atoms with Gasteiger partial charge in [0, 0.05) is 18.0 Å². The first-order valence-corrected chi connectivity index (χ1v) is 5.55. The number of rotatable bonds is 5. The van der Waals surface area contributed by atoms with Gasteiger partial charge in [-0.2, -0.15) is 0 Å². The molecule has 0 amide bonds. The molecule has 0 radical (unpaired) electrons. The summed E-state index contributed by atoms with van der Waals surface area (Å²) >= 11 is 3.22. The van der Waals surface area contributed by atoms with E-state index in [0.717, 1.165) is 4.47 Å². The monoisotopic (exact) mass is 289 g/mol. The molecule has 0 bridgehead atoms. The van der Waals surface area contributed by atoms with Gasteiger partial charge in [-0.25, -0.2) is 4.39 Å². The van der Waals surface area contributed by atoms with Crippen LogP contribution in [0.4, 0.5) is 4.39 Å². The number of carbonyl (C=O) groups is 1. The number of ether oxygens (including phenoxy) is 1. The number of benzene rings is 1. The van der Waals surface area contributed by atoms with E-state index in [2.05, 4.69) is 15.9 Å². The van der Waals surface area contributed by atoms with E-state index < -0.39 is 11.9 Å². The molecule has 0 aliphatic carbocycles. The maximum Gasteiger partial charge on any atom is 0.156 e. The zero-order valence-electron chi connectivity index (χ0n) is 8.87. The zero-order chi connectivity index (χ0) is 12.1. The summed E-state index contributed by atoms with van der Waals surface area (Å²) in [6, 6.07) is 3.77. The van der Waals surface area contributed by atoms with Gasteiger partial charge >= 0.3 is 0 Å². The van der Waals surface area contributed by atoms with Crippen molar-refractivity contribution in [2.24, 2.45) is 5.73 Å². The summed E-state index contributed by atoms with van der Waals surface area (Å²) in [6.07, 6.45) is -0.0181. The Morgan fingerprint density at radius 3 is 2.94 bits per heavy atom. The highest BCUT2D eigenvalue weighted by molar-refractivity contribution is 9.10. The molecule has 0 fully saturated rings. The van der Waals surface area contributed by atoms with Crippen LogP contribution >= 0.6 is 15.9 Å². The molecule has 1 rings (SSSR count). The van der Waals surface area contributed by atoms with E-state index in [-0.39, 0.29) is 18.8 Å². The van der Waals surface area contributed by atoms with Crippen LogP contribution in [0, 0.1) is 5.82 Å². The van der Waals surface area contributed by atoms with Crippen LogP contribution in [0.25, 0.3) is 0 Å². The van der Waals surface area contributed by atoms with Crippen LogP contribution in [-0.2, 0) is 16.0 Å². The van der Waals surface area contributed by atoms with Gasteiger partial charge < -0.3 is 10.5 Å². The molecule has 2 N–H and O–H groups in total. The molecule has 1 unspecified atom stereocenters. The minimum atomic E-state index is -0.705. The Kier molecular flexibility index (Phi) is 5.05. The van der Waals surface area contributed by atoms with Crippen molar-refractivity contribution in [3.8, 4) is 0 Å². The fourth-order valence-corrected chi connectivity index (χ4v) is 1.68. The summed E-state index contributed by atoms with van der Waals surface area (Å²) in [5, 5.41) is 0. The molecule has 0 heterocycles. The van der Waals surface area contributed by atoms with Crippen molar-refractivity contribution in [3.05, 3.63) is 34.1 Å². The summed E-state index contributed by atoms with van der Waals surface area (Å²) in [7, 11) is 1.47. The first-order chi connectivity index (χ1) is 7.54. The smallest absolute Gasteiger partial charge is 0.156 e. The van der Waals surface area contributed by atoms with Crippen LogP contribution < -0.4 is 5.73 Å². The van der Waals surface area contributed by atoms with Gasteiger partial charge in [0.25, 0.3) is 0 Å². The van der Waals surface area contributed by atoms with Gasteiger partial charge in [0.1, 0.15) is 5.82 Å². The normalized spacial score (nSPS) is 12.5. The summed E-state index contributed by atoms with van der Waals surface area (Å²) in [5.74, 6) is -0.639. The molecule has 0 aromatic heterocycles. The van der Waals surface area contributed by atoms with Crippen molar-refractivity contribution in [2.75, 3.05) is 13.7 Å². The van der Waals surface area contributed by atoms with Crippen molar-refractivity contribution in [1.82, 2.24) is 0 Å². The molecule has 88 valence electrons. The highest BCUT2D eigenvalue weighted by Gasteiger charge is 2.15. The Hall–Kier alpha value is -0.780. The van der Waals surface area contributed by atoms with Gasteiger partial charge in [-0.1, -0.05) is 15.9 Å². The Morgan fingerprint density at radius 2 is 2.31 bits per heavy atom. The van der Waals surface area contributed by atoms with Crippen molar-refractivity contribution in [2.45, 2.75) is 12.5 Å². The lowest BCUT2D eigenvalue weighted by Gasteiger charge is -2.09. The van der Waals surface area contributed by atoms with Gasteiger partial charge in [0.05, 0.1) is 12.6 Å². The molecular weight excluding hydrogens is 277 g/mol. The third-order valence-corrected chi connectivity index (χ3v) is 2.63. The molecular formula is C11H13BrFNO2. The third-order valence-electron chi connectivity index (χ3n) is 2.13. The van der Waals surface area contributed by atoms with E-state index in [1.165, 1.54) is 13.2 Å². The average Bonchev–Trinajstić information content (AvgIpc) is 2.23. The molecule has 0 spiro atoms. The molecule has 0 aliphatic rings. The van der Waals surface area contributed by atoms with E-state index in [0.29, 0.717) is 5.56 Å². The van der Waals surface area contributed by atoms with Crippen LogP contribution in [0.5, 0.6) is 0 Å². The van der Waals surface area contributed by atoms with E-state index in [4.69, 9.17) is 10.5 Å². The second-order valence-corrected chi connectivity index (χ2v) is 4.36. The first kappa shape index (κ1) is 13.3. The predicted octanol–water partition coefficient (Wildman–Crippen LogP) is 1.67. The fourth-order valence-electron chi connectivity index (χ4n) is 1.27. The number of ketones is 1. The fraction of sp³-hybridized carbons (Fsp3) is 0.364. The molecule has 0 saturated carbocycles. The number of methoxy groups -OCH3 is 1. The predicted molar refractivity (Wildman–Crippen MR) is 62.7 cm³/mol. The van der Waals surface area contributed by atoms with E-state index in [1.807, 2.05) is 0 Å². The second kappa shape index (κ2) is 6.08. The highest BCUT2D eigenvalue weighted by Crippen LogP contribution is 2.16. The molecule has 5 heteroatoms. The molecule has 0 saturated heterocycles. The Morgan fingerprint density at radius 1 is 1.62 bits per heavy atom. The van der Waals surface area contributed by atoms with Gasteiger partial charge in [-0.05, 0) is 23.8 Å².